The number of nitrogens with two attached hydrogens (primary N) is 1. The van der Waals surface area contributed by atoms with Crippen LogP contribution in [0, 0.1) is 29.1 Å². The number of aliphatic hydroxyl groups excluding tert-OH is 1. The van der Waals surface area contributed by atoms with Crippen molar-refractivity contribution in [3.63, 3.8) is 0 Å². The van der Waals surface area contributed by atoms with Gasteiger partial charge in [0.1, 0.15) is 17.7 Å². The average molecular weight is 741 g/mol. The SMILES string of the molecule is C=C1CCCC2=NCC(C)C(C)CC23CCC(C(N)C(=O)O)=CC3C2OC3(CC4CCCC5(CCC6(OC(CCC6(C)O)C1)O5)O4)CC(C)C(O)C2O3. The van der Waals surface area contributed by atoms with Gasteiger partial charge in [-0.15, -0.1) is 0 Å². The molecule has 15 unspecified atom stereocenters. The Morgan fingerprint density at radius 3 is 2.47 bits per heavy atom. The van der Waals surface area contributed by atoms with Gasteiger partial charge in [0.2, 0.25) is 5.79 Å². The Morgan fingerprint density at radius 1 is 0.887 bits per heavy atom. The van der Waals surface area contributed by atoms with Crippen molar-refractivity contribution in [2.45, 2.75) is 190 Å². The summed E-state index contributed by atoms with van der Waals surface area (Å²) in [5, 5.41) is 33.7. The number of rotatable bonds is 2. The Kier molecular flexibility index (Phi) is 9.91. The molecule has 1 aliphatic carbocycles. The summed E-state index contributed by atoms with van der Waals surface area (Å²) in [7, 11) is 0. The highest BCUT2D eigenvalue weighted by Crippen LogP contribution is 2.59. The summed E-state index contributed by atoms with van der Waals surface area (Å²) in [6.45, 7) is 13.8. The third-order valence-electron chi connectivity index (χ3n) is 15.1. The average Bonchev–Trinajstić information content (AvgIpc) is 3.58. The molecule has 53 heavy (non-hydrogen) atoms. The zero-order valence-electron chi connectivity index (χ0n) is 32.4. The first-order valence-electron chi connectivity index (χ1n) is 20.8. The molecule has 11 heteroatoms. The first kappa shape index (κ1) is 38.2. The van der Waals surface area contributed by atoms with E-state index in [-0.39, 0.29) is 24.0 Å². The summed E-state index contributed by atoms with van der Waals surface area (Å²) >= 11 is 0. The number of aliphatic carboxylic acids is 1. The molecular weight excluding hydrogens is 676 g/mol. The fraction of sp³-hybridized carbons (Fsp3) is 0.857. The maximum Gasteiger partial charge on any atom is 0.324 e. The molecule has 6 saturated heterocycles. The van der Waals surface area contributed by atoms with E-state index in [2.05, 4.69) is 33.4 Å². The van der Waals surface area contributed by atoms with Gasteiger partial charge < -0.3 is 44.7 Å². The molecule has 0 amide bonds. The molecule has 11 nitrogen and oxygen atoms in total. The maximum absolute atomic E-state index is 12.3. The fourth-order valence-electron chi connectivity index (χ4n) is 11.8. The molecule has 0 aromatic heterocycles. The van der Waals surface area contributed by atoms with Gasteiger partial charge in [-0.25, -0.2) is 0 Å². The molecule has 0 saturated carbocycles. The van der Waals surface area contributed by atoms with Crippen molar-refractivity contribution in [1.82, 2.24) is 0 Å². The highest BCUT2D eigenvalue weighted by atomic mass is 16.8. The Hall–Kier alpha value is -1.70. The molecule has 7 heterocycles. The number of hydrogen-bond acceptors (Lipinski definition) is 10. The smallest absolute Gasteiger partial charge is 0.324 e. The number of carboxylic acid groups (broad SMARTS) is 1. The van der Waals surface area contributed by atoms with Crippen LogP contribution < -0.4 is 5.73 Å². The third kappa shape index (κ3) is 6.60. The van der Waals surface area contributed by atoms with Gasteiger partial charge in [0.15, 0.2) is 11.6 Å². The number of carboxylic acids is 1. The van der Waals surface area contributed by atoms with E-state index in [0.717, 1.165) is 75.6 Å². The predicted octanol–water partition coefficient (Wildman–Crippen LogP) is 5.94. The van der Waals surface area contributed by atoms with E-state index in [9.17, 15) is 20.1 Å². The van der Waals surface area contributed by atoms with Gasteiger partial charge in [-0.3, -0.25) is 9.79 Å². The topological polar surface area (TPSA) is 162 Å². The number of hydrogen-bond donors (Lipinski definition) is 4. The van der Waals surface area contributed by atoms with Crippen LogP contribution in [0.1, 0.15) is 130 Å². The molecule has 0 aromatic rings. The van der Waals surface area contributed by atoms with Crippen LogP contribution in [0.4, 0.5) is 0 Å². The van der Waals surface area contributed by atoms with Gasteiger partial charge in [-0.1, -0.05) is 39.0 Å². The molecule has 0 radical (unpaired) electrons. The van der Waals surface area contributed by atoms with Crippen LogP contribution in [0.2, 0.25) is 0 Å². The number of fused-ring (bicyclic) bond motifs is 6. The van der Waals surface area contributed by atoms with Crippen molar-refractivity contribution < 1.29 is 43.8 Å². The highest BCUT2D eigenvalue weighted by molar-refractivity contribution is 5.91. The van der Waals surface area contributed by atoms with E-state index in [1.807, 2.05) is 6.92 Å². The molecule has 8 rings (SSSR count). The second-order valence-corrected chi connectivity index (χ2v) is 18.9. The summed E-state index contributed by atoms with van der Waals surface area (Å²) in [4.78, 5) is 17.7. The quantitative estimate of drug-likeness (QED) is 0.249. The lowest BCUT2D eigenvalue weighted by Crippen LogP contribution is -2.60. The molecule has 4 spiro atoms. The van der Waals surface area contributed by atoms with Crippen LogP contribution in [-0.2, 0) is 28.5 Å². The van der Waals surface area contributed by atoms with Crippen LogP contribution in [0.3, 0.4) is 0 Å². The second-order valence-electron chi connectivity index (χ2n) is 18.9. The fourth-order valence-corrected chi connectivity index (χ4v) is 11.8. The summed E-state index contributed by atoms with van der Waals surface area (Å²) < 4.78 is 34.9. The number of nitrogens with zero attached hydrogens (tertiary/aromatic N) is 1. The minimum absolute atomic E-state index is 0.0840. The first-order chi connectivity index (χ1) is 25.1. The molecule has 8 aliphatic rings. The van der Waals surface area contributed by atoms with Gasteiger partial charge in [0.05, 0.1) is 24.4 Å². The van der Waals surface area contributed by atoms with Crippen LogP contribution >= 0.6 is 0 Å². The van der Waals surface area contributed by atoms with E-state index in [1.165, 1.54) is 0 Å². The lowest BCUT2D eigenvalue weighted by Gasteiger charge is -2.50. The molecule has 7 bridgehead atoms. The van der Waals surface area contributed by atoms with Gasteiger partial charge in [-0.2, -0.15) is 0 Å². The van der Waals surface area contributed by atoms with Crippen LogP contribution in [0.5, 0.6) is 0 Å². The van der Waals surface area contributed by atoms with E-state index in [4.69, 9.17) is 34.4 Å². The number of ether oxygens (including phenoxy) is 5. The van der Waals surface area contributed by atoms with Crippen molar-refractivity contribution in [2.75, 3.05) is 6.54 Å². The van der Waals surface area contributed by atoms with Gasteiger partial charge in [-0.05, 0) is 101 Å². The zero-order chi connectivity index (χ0) is 37.6. The summed E-state index contributed by atoms with van der Waals surface area (Å²) in [5.41, 5.74) is 7.79. The minimum atomic E-state index is -1.15. The third-order valence-corrected chi connectivity index (χ3v) is 15.1. The van der Waals surface area contributed by atoms with E-state index in [0.29, 0.717) is 62.4 Å². The lowest BCUT2D eigenvalue weighted by atomic mass is 9.57. The maximum atomic E-state index is 12.3. The predicted molar refractivity (Wildman–Crippen MR) is 198 cm³/mol. The Balaban J connectivity index is 1.21. The minimum Gasteiger partial charge on any atom is -0.480 e. The first-order valence-corrected chi connectivity index (χ1v) is 20.8. The monoisotopic (exact) mass is 740 g/mol. The Labute approximate surface area is 315 Å². The Morgan fingerprint density at radius 2 is 1.68 bits per heavy atom. The number of carbonyl (C=O) groups is 1. The summed E-state index contributed by atoms with van der Waals surface area (Å²) in [6, 6.07) is -1.11. The molecule has 15 atom stereocenters. The van der Waals surface area contributed by atoms with E-state index >= 15 is 0 Å². The van der Waals surface area contributed by atoms with Gasteiger partial charge >= 0.3 is 5.97 Å². The van der Waals surface area contributed by atoms with Gasteiger partial charge in [0, 0.05) is 55.7 Å². The van der Waals surface area contributed by atoms with Crippen LogP contribution in [0.25, 0.3) is 0 Å². The zero-order valence-corrected chi connectivity index (χ0v) is 32.4. The highest BCUT2D eigenvalue weighted by Gasteiger charge is 2.66. The van der Waals surface area contributed by atoms with Crippen molar-refractivity contribution in [2.24, 2.45) is 39.8 Å². The molecule has 296 valence electrons. The van der Waals surface area contributed by atoms with Crippen molar-refractivity contribution in [3.8, 4) is 0 Å². The second kappa shape index (κ2) is 13.7. The molecule has 6 fully saturated rings. The number of aliphatic imine (C=N–C) groups is 1. The summed E-state index contributed by atoms with van der Waals surface area (Å²) in [5.74, 6) is -3.67. The van der Waals surface area contributed by atoms with Gasteiger partial charge in [0.25, 0.3) is 0 Å². The lowest BCUT2D eigenvalue weighted by molar-refractivity contribution is -0.403. The Bertz CT molecular complexity index is 1510. The molecule has 7 aliphatic heterocycles. The van der Waals surface area contributed by atoms with Crippen molar-refractivity contribution >= 4 is 11.7 Å². The van der Waals surface area contributed by atoms with Crippen LogP contribution in [-0.4, -0.2) is 93.1 Å². The number of aliphatic hydroxyl groups is 2. The largest absolute Gasteiger partial charge is 0.480 e. The van der Waals surface area contributed by atoms with Crippen molar-refractivity contribution in [3.05, 3.63) is 23.8 Å². The molecule has 5 N–H and O–H groups in total. The normalized spacial score (nSPS) is 50.9. The molecule has 0 aromatic carbocycles. The standard InChI is InChI=1S/C42H64N2O9/c1-24-8-6-10-32-39(20-25(2)27(4)23-44-32)15-11-28(33(43)37(46)47)19-31(39)35-36-34(45)26(3)21-41(51-35,52-36)22-30-9-7-13-40(49-30)16-17-42(53-40)38(5,48)14-12-29(18-24)50-42/h19,25-27,29-31,33-36,45,48H,1,6-18,20-23,43H2,2-5H3,(H,46,47). The van der Waals surface area contributed by atoms with Crippen LogP contribution in [0.15, 0.2) is 28.8 Å². The van der Waals surface area contributed by atoms with Crippen molar-refractivity contribution in [1.29, 1.82) is 0 Å². The summed E-state index contributed by atoms with van der Waals surface area (Å²) in [6.07, 6.45) is 11.2. The van der Waals surface area contributed by atoms with E-state index < -0.39 is 58.7 Å². The molecular formula is C42H64N2O9. The van der Waals surface area contributed by atoms with E-state index in [1.54, 1.807) is 0 Å².